The molecule has 5 rings (SSSR count). The van der Waals surface area contributed by atoms with E-state index in [0.29, 0.717) is 5.41 Å². The standard InChI is InChI=1S/C15H22N4/c1-9-17-13(5-14(18-9)19-16)15-6-10-2-11(7-15)4-12(3-10)8-15/h5,10-12H,2-4,6-8,16H2,1H3,(H,17,18,19). The monoisotopic (exact) mass is 258 g/mol. The molecule has 4 bridgehead atoms. The van der Waals surface area contributed by atoms with Gasteiger partial charge in [-0.15, -0.1) is 0 Å². The molecule has 0 aliphatic heterocycles. The van der Waals surface area contributed by atoms with Crippen LogP contribution in [0, 0.1) is 24.7 Å². The number of aromatic nitrogens is 2. The van der Waals surface area contributed by atoms with Crippen LogP contribution in [-0.2, 0) is 5.41 Å². The summed E-state index contributed by atoms with van der Waals surface area (Å²) in [7, 11) is 0. The van der Waals surface area contributed by atoms with Crippen molar-refractivity contribution in [2.45, 2.75) is 50.9 Å². The smallest absolute Gasteiger partial charge is 0.143 e. The van der Waals surface area contributed by atoms with Crippen molar-refractivity contribution in [1.29, 1.82) is 0 Å². The van der Waals surface area contributed by atoms with E-state index in [0.717, 1.165) is 29.4 Å². The minimum absolute atomic E-state index is 0.327. The lowest BCUT2D eigenvalue weighted by Crippen LogP contribution is -2.49. The molecule has 4 saturated carbocycles. The summed E-state index contributed by atoms with van der Waals surface area (Å²) < 4.78 is 0. The molecule has 0 amide bonds. The second kappa shape index (κ2) is 3.92. The van der Waals surface area contributed by atoms with Crippen molar-refractivity contribution in [2.24, 2.45) is 23.6 Å². The molecule has 102 valence electrons. The molecule has 4 nitrogen and oxygen atoms in total. The minimum atomic E-state index is 0.327. The Kier molecular flexibility index (Phi) is 2.40. The quantitative estimate of drug-likeness (QED) is 0.632. The zero-order valence-corrected chi connectivity index (χ0v) is 11.5. The third-order valence-electron chi connectivity index (χ3n) is 5.57. The van der Waals surface area contributed by atoms with Crippen molar-refractivity contribution in [3.63, 3.8) is 0 Å². The number of rotatable bonds is 2. The van der Waals surface area contributed by atoms with Gasteiger partial charge in [-0.3, -0.25) is 0 Å². The van der Waals surface area contributed by atoms with E-state index in [1.54, 1.807) is 0 Å². The van der Waals surface area contributed by atoms with Crippen molar-refractivity contribution in [3.8, 4) is 0 Å². The summed E-state index contributed by atoms with van der Waals surface area (Å²) in [5.41, 5.74) is 4.26. The Labute approximate surface area is 114 Å². The van der Waals surface area contributed by atoms with Gasteiger partial charge in [0, 0.05) is 11.5 Å². The van der Waals surface area contributed by atoms with Crippen LogP contribution < -0.4 is 11.3 Å². The Morgan fingerprint density at radius 1 is 1.11 bits per heavy atom. The third-order valence-corrected chi connectivity index (χ3v) is 5.57. The van der Waals surface area contributed by atoms with Crippen LogP contribution >= 0.6 is 0 Å². The molecule has 0 spiro atoms. The summed E-state index contributed by atoms with van der Waals surface area (Å²) in [6.45, 7) is 1.96. The number of hydrogen-bond donors (Lipinski definition) is 2. The summed E-state index contributed by atoms with van der Waals surface area (Å²) in [5.74, 6) is 9.96. The molecule has 4 heteroatoms. The van der Waals surface area contributed by atoms with Crippen LogP contribution in [0.2, 0.25) is 0 Å². The van der Waals surface area contributed by atoms with E-state index in [-0.39, 0.29) is 0 Å². The number of anilines is 1. The van der Waals surface area contributed by atoms with Crippen LogP contribution in [0.1, 0.15) is 50.0 Å². The van der Waals surface area contributed by atoms with Crippen molar-refractivity contribution >= 4 is 5.82 Å². The number of nitrogens with zero attached hydrogens (tertiary/aromatic N) is 2. The van der Waals surface area contributed by atoms with E-state index in [2.05, 4.69) is 16.5 Å². The van der Waals surface area contributed by atoms with Gasteiger partial charge in [-0.05, 0) is 63.2 Å². The van der Waals surface area contributed by atoms with Crippen molar-refractivity contribution in [3.05, 3.63) is 17.6 Å². The minimum Gasteiger partial charge on any atom is -0.308 e. The fourth-order valence-electron chi connectivity index (χ4n) is 5.34. The van der Waals surface area contributed by atoms with E-state index in [4.69, 9.17) is 10.8 Å². The lowest BCUT2D eigenvalue weighted by molar-refractivity contribution is -0.00730. The van der Waals surface area contributed by atoms with Crippen LogP contribution in [-0.4, -0.2) is 9.97 Å². The lowest BCUT2D eigenvalue weighted by atomic mass is 9.49. The van der Waals surface area contributed by atoms with Gasteiger partial charge in [-0.25, -0.2) is 15.8 Å². The average Bonchev–Trinajstić information content (AvgIpc) is 2.36. The summed E-state index contributed by atoms with van der Waals surface area (Å²) in [6, 6.07) is 2.08. The number of nitrogens with one attached hydrogen (secondary N) is 1. The largest absolute Gasteiger partial charge is 0.308 e. The third kappa shape index (κ3) is 1.76. The molecule has 0 aromatic carbocycles. The molecular formula is C15H22N4. The first-order chi connectivity index (χ1) is 9.17. The van der Waals surface area contributed by atoms with E-state index in [9.17, 15) is 0 Å². The van der Waals surface area contributed by atoms with Gasteiger partial charge in [-0.1, -0.05) is 0 Å². The zero-order chi connectivity index (χ0) is 13.0. The zero-order valence-electron chi connectivity index (χ0n) is 11.5. The van der Waals surface area contributed by atoms with Crippen LogP contribution in [0.25, 0.3) is 0 Å². The Bertz CT molecular complexity index is 476. The molecule has 0 saturated heterocycles. The first-order valence-corrected chi connectivity index (χ1v) is 7.50. The average molecular weight is 258 g/mol. The van der Waals surface area contributed by atoms with Gasteiger partial charge in [0.15, 0.2) is 0 Å². The predicted molar refractivity (Wildman–Crippen MR) is 74.4 cm³/mol. The number of aryl methyl sites for hydroxylation is 1. The number of hydrazine groups is 1. The van der Waals surface area contributed by atoms with Gasteiger partial charge < -0.3 is 5.43 Å². The first kappa shape index (κ1) is 11.6. The Morgan fingerprint density at radius 3 is 2.21 bits per heavy atom. The van der Waals surface area contributed by atoms with Crippen molar-refractivity contribution in [1.82, 2.24) is 9.97 Å². The molecule has 4 aliphatic carbocycles. The molecular weight excluding hydrogens is 236 g/mol. The highest BCUT2D eigenvalue weighted by Crippen LogP contribution is 2.60. The maximum atomic E-state index is 5.54. The number of hydrogen-bond acceptors (Lipinski definition) is 4. The Balaban J connectivity index is 1.77. The van der Waals surface area contributed by atoms with Crippen LogP contribution in [0.5, 0.6) is 0 Å². The molecule has 1 aromatic rings. The topological polar surface area (TPSA) is 63.8 Å². The van der Waals surface area contributed by atoms with E-state index >= 15 is 0 Å². The molecule has 4 fully saturated rings. The lowest BCUT2D eigenvalue weighted by Gasteiger charge is -2.56. The van der Waals surface area contributed by atoms with E-state index < -0.39 is 0 Å². The first-order valence-electron chi connectivity index (χ1n) is 7.50. The molecule has 0 radical (unpaired) electrons. The van der Waals surface area contributed by atoms with Gasteiger partial charge in [0.05, 0.1) is 5.69 Å². The maximum Gasteiger partial charge on any atom is 0.143 e. The Morgan fingerprint density at radius 2 is 1.68 bits per heavy atom. The fourth-order valence-corrected chi connectivity index (χ4v) is 5.34. The molecule has 0 atom stereocenters. The summed E-state index contributed by atoms with van der Waals surface area (Å²) in [5, 5.41) is 0. The van der Waals surface area contributed by atoms with Crippen LogP contribution in [0.3, 0.4) is 0 Å². The van der Waals surface area contributed by atoms with Gasteiger partial charge in [-0.2, -0.15) is 0 Å². The summed E-state index contributed by atoms with van der Waals surface area (Å²) >= 11 is 0. The van der Waals surface area contributed by atoms with Crippen molar-refractivity contribution < 1.29 is 0 Å². The molecule has 3 N–H and O–H groups in total. The van der Waals surface area contributed by atoms with Gasteiger partial charge >= 0.3 is 0 Å². The fraction of sp³-hybridized carbons (Fsp3) is 0.733. The highest BCUT2D eigenvalue weighted by atomic mass is 15.3. The molecule has 0 unspecified atom stereocenters. The molecule has 1 heterocycles. The van der Waals surface area contributed by atoms with E-state index in [1.165, 1.54) is 44.2 Å². The van der Waals surface area contributed by atoms with Gasteiger partial charge in [0.2, 0.25) is 0 Å². The molecule has 1 aromatic heterocycles. The maximum absolute atomic E-state index is 5.54. The highest BCUT2D eigenvalue weighted by molar-refractivity contribution is 5.38. The molecule has 19 heavy (non-hydrogen) atoms. The second-order valence-electron chi connectivity index (χ2n) is 7.03. The van der Waals surface area contributed by atoms with Gasteiger partial charge in [0.1, 0.15) is 11.6 Å². The number of nitrogen functional groups attached to an aromatic ring is 1. The van der Waals surface area contributed by atoms with Crippen LogP contribution in [0.4, 0.5) is 5.82 Å². The summed E-state index contributed by atoms with van der Waals surface area (Å²) in [4.78, 5) is 9.10. The summed E-state index contributed by atoms with van der Waals surface area (Å²) in [6.07, 6.45) is 8.39. The second-order valence-corrected chi connectivity index (χ2v) is 7.03. The normalized spacial score (nSPS) is 39.6. The number of nitrogens with two attached hydrogens (primary N) is 1. The SMILES string of the molecule is Cc1nc(NN)cc(C23CC4CC(CC(C4)C2)C3)n1. The predicted octanol–water partition coefficient (Wildman–Crippen LogP) is 2.54. The molecule has 4 aliphatic rings. The Hall–Kier alpha value is -1.16. The van der Waals surface area contributed by atoms with E-state index in [1.807, 2.05) is 6.92 Å². The van der Waals surface area contributed by atoms with Gasteiger partial charge in [0.25, 0.3) is 0 Å². The van der Waals surface area contributed by atoms with Crippen LogP contribution in [0.15, 0.2) is 6.07 Å². The highest BCUT2D eigenvalue weighted by Gasteiger charge is 2.52. The van der Waals surface area contributed by atoms with Crippen molar-refractivity contribution in [2.75, 3.05) is 5.43 Å².